The lowest BCUT2D eigenvalue weighted by Gasteiger charge is -2.29. The molecule has 4 nitrogen and oxygen atoms in total. The van der Waals surface area contributed by atoms with Crippen molar-refractivity contribution in [3.8, 4) is 5.75 Å². The van der Waals surface area contributed by atoms with Crippen LogP contribution < -0.4 is 10.6 Å². The van der Waals surface area contributed by atoms with Crippen molar-refractivity contribution in [2.45, 2.75) is 76.8 Å². The van der Waals surface area contributed by atoms with Crippen molar-refractivity contribution in [3.05, 3.63) is 24.0 Å². The Balaban J connectivity index is 1.78. The normalized spacial score (nSPS) is 25.6. The number of halogens is 1. The molecule has 3 rings (SSSR count). The van der Waals surface area contributed by atoms with E-state index in [4.69, 9.17) is 4.99 Å². The van der Waals surface area contributed by atoms with Crippen LogP contribution in [0.15, 0.2) is 23.2 Å². The van der Waals surface area contributed by atoms with Crippen LogP contribution in [0.5, 0.6) is 5.75 Å². The highest BCUT2D eigenvalue weighted by molar-refractivity contribution is 5.95. The highest BCUT2D eigenvalue weighted by Crippen LogP contribution is 2.28. The minimum absolute atomic E-state index is 0.0382. The van der Waals surface area contributed by atoms with E-state index in [9.17, 15) is 9.50 Å². The number of rotatable bonds is 3. The molecule has 0 aliphatic heterocycles. The second-order valence-electron chi connectivity index (χ2n) is 7.57. The number of benzene rings is 1. The number of aliphatic imine (C=N–C) groups is 1. The lowest BCUT2D eigenvalue weighted by Crippen LogP contribution is -2.41. The van der Waals surface area contributed by atoms with E-state index in [1.807, 2.05) is 0 Å². The van der Waals surface area contributed by atoms with Gasteiger partial charge in [0.2, 0.25) is 0 Å². The Bertz CT molecular complexity index is 599. The lowest BCUT2D eigenvalue weighted by atomic mass is 9.86. The van der Waals surface area contributed by atoms with Crippen molar-refractivity contribution in [1.29, 1.82) is 0 Å². The molecule has 2 fully saturated rings. The van der Waals surface area contributed by atoms with Gasteiger partial charge in [0.05, 0.1) is 11.7 Å². The fraction of sp³-hybridized carbons (Fsp3) is 0.650. The molecule has 2 unspecified atom stereocenters. The smallest absolute Gasteiger partial charge is 0.196 e. The Morgan fingerprint density at radius 2 is 1.80 bits per heavy atom. The van der Waals surface area contributed by atoms with Gasteiger partial charge in [-0.1, -0.05) is 39.0 Å². The van der Waals surface area contributed by atoms with Gasteiger partial charge in [-0.3, -0.25) is 0 Å². The second kappa shape index (κ2) is 8.54. The van der Waals surface area contributed by atoms with Gasteiger partial charge in [-0.15, -0.1) is 0 Å². The third-order valence-electron chi connectivity index (χ3n) is 5.52. The molecule has 3 N–H and O–H groups in total. The largest absolute Gasteiger partial charge is 0.506 e. The van der Waals surface area contributed by atoms with Crippen LogP contribution in [0.3, 0.4) is 0 Å². The van der Waals surface area contributed by atoms with E-state index in [1.54, 1.807) is 0 Å². The van der Waals surface area contributed by atoms with E-state index in [-0.39, 0.29) is 17.6 Å². The Labute approximate surface area is 149 Å². The first-order valence-electron chi connectivity index (χ1n) is 9.71. The van der Waals surface area contributed by atoms with E-state index >= 15 is 0 Å². The Morgan fingerprint density at radius 3 is 2.56 bits per heavy atom. The van der Waals surface area contributed by atoms with Crippen LogP contribution in [0.4, 0.5) is 10.1 Å². The van der Waals surface area contributed by atoms with Crippen LogP contribution in [0.2, 0.25) is 0 Å². The van der Waals surface area contributed by atoms with Crippen molar-refractivity contribution in [3.63, 3.8) is 0 Å². The average molecular weight is 347 g/mol. The SMILES string of the molecule is CC1CCCCC1N=C(Nc1cc(F)ccc1O)NC1CCCCC1. The first-order valence-corrected chi connectivity index (χ1v) is 9.71. The maximum absolute atomic E-state index is 13.6. The Hall–Kier alpha value is -1.78. The quantitative estimate of drug-likeness (QED) is 0.418. The minimum atomic E-state index is -0.372. The van der Waals surface area contributed by atoms with Gasteiger partial charge >= 0.3 is 0 Å². The summed E-state index contributed by atoms with van der Waals surface area (Å²) < 4.78 is 13.6. The van der Waals surface area contributed by atoms with Gasteiger partial charge in [-0.2, -0.15) is 0 Å². The van der Waals surface area contributed by atoms with Gasteiger partial charge in [0.25, 0.3) is 0 Å². The summed E-state index contributed by atoms with van der Waals surface area (Å²) >= 11 is 0. The topological polar surface area (TPSA) is 56.7 Å². The molecule has 0 amide bonds. The van der Waals surface area contributed by atoms with Crippen molar-refractivity contribution in [2.24, 2.45) is 10.9 Å². The maximum atomic E-state index is 13.6. The number of phenols is 1. The van der Waals surface area contributed by atoms with E-state index in [0.29, 0.717) is 23.6 Å². The molecular formula is C20H30FN3O. The Kier molecular flexibility index (Phi) is 6.16. The Morgan fingerprint density at radius 1 is 1.08 bits per heavy atom. The number of nitrogens with zero attached hydrogens (tertiary/aromatic N) is 1. The fourth-order valence-electron chi connectivity index (χ4n) is 3.94. The van der Waals surface area contributed by atoms with Crippen molar-refractivity contribution < 1.29 is 9.50 Å². The third-order valence-corrected chi connectivity index (χ3v) is 5.52. The van der Waals surface area contributed by atoms with Crippen LogP contribution in [-0.2, 0) is 0 Å². The second-order valence-corrected chi connectivity index (χ2v) is 7.57. The molecule has 0 spiro atoms. The predicted molar refractivity (Wildman–Crippen MR) is 101 cm³/mol. The van der Waals surface area contributed by atoms with Crippen molar-refractivity contribution >= 4 is 11.6 Å². The number of anilines is 1. The van der Waals surface area contributed by atoms with Gasteiger partial charge in [-0.25, -0.2) is 9.38 Å². The number of guanidine groups is 1. The third kappa shape index (κ3) is 5.10. The average Bonchev–Trinajstić information content (AvgIpc) is 2.61. The summed E-state index contributed by atoms with van der Waals surface area (Å²) in [5, 5.41) is 16.7. The maximum Gasteiger partial charge on any atom is 0.196 e. The molecule has 138 valence electrons. The number of nitrogens with one attached hydrogen (secondary N) is 2. The van der Waals surface area contributed by atoms with Gasteiger partial charge < -0.3 is 15.7 Å². The van der Waals surface area contributed by atoms with Crippen molar-refractivity contribution in [1.82, 2.24) is 5.32 Å². The molecule has 2 aliphatic rings. The molecule has 0 heterocycles. The zero-order valence-corrected chi connectivity index (χ0v) is 15.1. The molecule has 5 heteroatoms. The first-order chi connectivity index (χ1) is 12.1. The summed E-state index contributed by atoms with van der Waals surface area (Å²) in [7, 11) is 0. The summed E-state index contributed by atoms with van der Waals surface area (Å²) in [5.74, 6) is 0.894. The van der Waals surface area contributed by atoms with Crippen LogP contribution in [0.25, 0.3) is 0 Å². The zero-order chi connectivity index (χ0) is 17.6. The van der Waals surface area contributed by atoms with Crippen LogP contribution in [0.1, 0.15) is 64.7 Å². The van der Waals surface area contributed by atoms with E-state index in [0.717, 1.165) is 19.3 Å². The highest BCUT2D eigenvalue weighted by atomic mass is 19.1. The molecule has 1 aromatic rings. The molecular weight excluding hydrogens is 317 g/mol. The highest BCUT2D eigenvalue weighted by Gasteiger charge is 2.23. The summed E-state index contributed by atoms with van der Waals surface area (Å²) in [6.45, 7) is 2.26. The number of aromatic hydroxyl groups is 1. The van der Waals surface area contributed by atoms with Gasteiger partial charge in [0, 0.05) is 12.1 Å². The molecule has 0 aromatic heterocycles. The van der Waals surface area contributed by atoms with E-state index in [1.165, 1.54) is 56.7 Å². The molecule has 1 aromatic carbocycles. The van der Waals surface area contributed by atoms with Gasteiger partial charge in [0.15, 0.2) is 5.96 Å². The number of hydrogen-bond donors (Lipinski definition) is 3. The summed E-state index contributed by atoms with van der Waals surface area (Å²) in [6, 6.07) is 4.63. The van der Waals surface area contributed by atoms with Crippen LogP contribution >= 0.6 is 0 Å². The predicted octanol–water partition coefficient (Wildman–Crippen LogP) is 4.80. The molecule has 25 heavy (non-hydrogen) atoms. The summed E-state index contributed by atoms with van der Waals surface area (Å²) in [6.07, 6.45) is 10.8. The van der Waals surface area contributed by atoms with E-state index < -0.39 is 0 Å². The number of hydrogen-bond acceptors (Lipinski definition) is 2. The van der Waals surface area contributed by atoms with Gasteiger partial charge in [0.1, 0.15) is 11.6 Å². The molecule has 0 saturated heterocycles. The molecule has 2 atom stereocenters. The molecule has 0 radical (unpaired) electrons. The first kappa shape index (κ1) is 18.0. The summed E-state index contributed by atoms with van der Waals surface area (Å²) in [4.78, 5) is 4.94. The monoisotopic (exact) mass is 347 g/mol. The standard InChI is InChI=1S/C20H30FN3O/c1-14-7-5-6-10-17(14)23-20(22-16-8-3-2-4-9-16)24-18-13-15(21)11-12-19(18)25/h11-14,16-17,25H,2-10H2,1H3,(H2,22,23,24). The van der Waals surface area contributed by atoms with Crippen molar-refractivity contribution in [2.75, 3.05) is 5.32 Å². The van der Waals surface area contributed by atoms with Crippen LogP contribution in [0, 0.1) is 11.7 Å². The number of phenolic OH excluding ortho intramolecular Hbond substituents is 1. The van der Waals surface area contributed by atoms with Gasteiger partial charge in [-0.05, 0) is 43.7 Å². The van der Waals surface area contributed by atoms with E-state index in [2.05, 4.69) is 17.6 Å². The fourth-order valence-corrected chi connectivity index (χ4v) is 3.94. The minimum Gasteiger partial charge on any atom is -0.506 e. The molecule has 2 aliphatic carbocycles. The zero-order valence-electron chi connectivity index (χ0n) is 15.1. The van der Waals surface area contributed by atoms with Crippen LogP contribution in [-0.4, -0.2) is 23.1 Å². The summed E-state index contributed by atoms with van der Waals surface area (Å²) in [5.41, 5.74) is 0.366. The lowest BCUT2D eigenvalue weighted by molar-refractivity contribution is 0.331. The molecule has 2 saturated carbocycles. The molecule has 0 bridgehead atoms.